The molecule has 8 heteroatoms. The van der Waals surface area contributed by atoms with Crippen LogP contribution in [0.4, 0.5) is 85.3 Å². The first-order valence-corrected chi connectivity index (χ1v) is 46.6. The second-order valence-electron chi connectivity index (χ2n) is 40.0. The third-order valence-electron chi connectivity index (χ3n) is 27.5. The number of benzene rings is 18. The molecule has 6 nitrogen and oxygen atoms in total. The van der Waals surface area contributed by atoms with Gasteiger partial charge in [-0.2, -0.15) is 0 Å². The van der Waals surface area contributed by atoms with Crippen molar-refractivity contribution in [2.75, 3.05) is 24.5 Å². The highest BCUT2D eigenvalue weighted by Crippen LogP contribution is 2.57. The normalized spacial score (nSPS) is 13.0. The second-order valence-corrected chi connectivity index (χ2v) is 40.0. The Hall–Kier alpha value is -15.1. The van der Waals surface area contributed by atoms with E-state index >= 15 is 0 Å². The highest BCUT2D eigenvalue weighted by Gasteiger charge is 2.50. The van der Waals surface area contributed by atoms with Crippen LogP contribution in [0.25, 0.3) is 66.8 Å². The molecular weight excluding hydrogens is 1600 g/mol. The zero-order valence-corrected chi connectivity index (χ0v) is 77.1. The molecule has 0 radical (unpaired) electrons. The topological polar surface area (TPSA) is 25.4 Å². The molecule has 0 aliphatic carbocycles. The molecule has 0 fully saturated rings. The molecule has 4 heterocycles. The number of nitrogens with zero attached hydrogens (tertiary/aromatic N) is 5. The monoisotopic (exact) mass is 1700 g/mol. The molecule has 4 aliphatic rings. The lowest BCUT2D eigenvalue weighted by Crippen LogP contribution is -2.64. The first-order valence-electron chi connectivity index (χ1n) is 46.6. The van der Waals surface area contributed by atoms with E-state index in [9.17, 15) is 0 Å². The summed E-state index contributed by atoms with van der Waals surface area (Å²) in [7, 11) is 0. The number of para-hydroxylation sites is 9. The van der Waals surface area contributed by atoms with Crippen molar-refractivity contribution in [1.82, 2.24) is 0 Å². The van der Waals surface area contributed by atoms with E-state index < -0.39 is 0 Å². The molecule has 0 unspecified atom stereocenters. The van der Waals surface area contributed by atoms with E-state index in [1.54, 1.807) is 0 Å². The smallest absolute Gasteiger partial charge is 0.256 e. The van der Waals surface area contributed by atoms with Crippen LogP contribution < -0.4 is 62.0 Å². The van der Waals surface area contributed by atoms with E-state index in [-0.39, 0.29) is 35.1 Å². The van der Waals surface area contributed by atoms with Crippen LogP contribution in [0.3, 0.4) is 0 Å². The fourth-order valence-electron chi connectivity index (χ4n) is 20.9. The molecule has 0 saturated carbocycles. The largest absolute Gasteiger partial charge is 0.458 e. The summed E-state index contributed by atoms with van der Waals surface area (Å²) in [6, 6.07) is 158. The summed E-state index contributed by atoms with van der Waals surface area (Å²) in [5.41, 5.74) is 40.8. The first kappa shape index (κ1) is 82.6. The standard InChI is InChI=1S/C124H105B2N5O/c1-121(2,3)88-68-60-84(61-69-88)96-46-25-31-54-106(96)127(92-42-21-15-22-43-92)94-76-113-118-114(77-94)131(120-100(82-38-17-13-18-39-82)50-37-51-101(120)83-40-19-14-20-41-83)112-81-116-105(80-104(112)125(118)102-52-29-35-58-110(102)129(113)108-56-33-27-48-98(108)86-64-72-90(73-65-86)123(7,8)9)126-103-53-30-36-59-111(103)130(109-57-34-28-49-99(109)87-66-74-91(75-67-87)124(10,11)12)115-78-95(79-117(132-116)119(115)126)128(93-44-23-16-24-45-93)107-55-32-26-47-97(107)85-62-70-89(71-63-85)122(4,5)6/h13-81H,1-12H3. The summed E-state index contributed by atoms with van der Waals surface area (Å²) in [6.07, 6.45) is 0. The molecule has 132 heavy (non-hydrogen) atoms. The number of anilines is 15. The van der Waals surface area contributed by atoms with Gasteiger partial charge in [-0.15, -0.1) is 0 Å². The Bertz CT molecular complexity index is 7400. The number of ether oxygens (including phenoxy) is 1. The summed E-state index contributed by atoms with van der Waals surface area (Å²) in [6.45, 7) is 26.8. The summed E-state index contributed by atoms with van der Waals surface area (Å²) >= 11 is 0. The van der Waals surface area contributed by atoms with Gasteiger partial charge in [0.25, 0.3) is 13.4 Å². The predicted octanol–water partition coefficient (Wildman–Crippen LogP) is 30.3. The second kappa shape index (κ2) is 32.5. The Morgan fingerprint density at radius 1 is 0.205 bits per heavy atom. The lowest BCUT2D eigenvalue weighted by Gasteiger charge is -2.47. The summed E-state index contributed by atoms with van der Waals surface area (Å²) in [4.78, 5) is 12.8. The minimum absolute atomic E-state index is 0.0313. The minimum atomic E-state index is -0.353. The molecule has 638 valence electrons. The molecule has 0 aromatic heterocycles. The SMILES string of the molecule is CC(C)(C)c1ccc(-c2ccccc2N(c2ccccc2)c2cc3c4c(c2)N(c2ccccc2-c2ccc(C(C)(C)C)cc2)c2ccccc2B4c2cc4c(cc2O3)N(c2c(-c3ccccc3)cccc2-c2ccccc2)c2cc(N(c3ccccc3)c3ccccc3-c3ccc(C(C)(C)C)cc3)cc3c2B4c2ccccc2N3c2ccccc2-c2ccc(C(C)(C)C)cc2)cc1. The summed E-state index contributed by atoms with van der Waals surface area (Å²) in [5.74, 6) is 1.55. The lowest BCUT2D eigenvalue weighted by molar-refractivity contribution is 0.488. The van der Waals surface area contributed by atoms with Crippen molar-refractivity contribution in [3.8, 4) is 78.3 Å². The van der Waals surface area contributed by atoms with Gasteiger partial charge in [0, 0.05) is 91.0 Å². The van der Waals surface area contributed by atoms with E-state index in [4.69, 9.17) is 4.74 Å². The van der Waals surface area contributed by atoms with E-state index in [1.807, 2.05) is 0 Å². The third kappa shape index (κ3) is 14.5. The summed E-state index contributed by atoms with van der Waals surface area (Å²) in [5, 5.41) is 0. The van der Waals surface area contributed by atoms with Gasteiger partial charge in [0.1, 0.15) is 11.5 Å². The molecule has 4 aliphatic heterocycles. The molecule has 0 amide bonds. The number of hydrogen-bond donors (Lipinski definition) is 0. The van der Waals surface area contributed by atoms with E-state index in [0.29, 0.717) is 0 Å². The van der Waals surface area contributed by atoms with Gasteiger partial charge in [-0.3, -0.25) is 0 Å². The Balaban J connectivity index is 0.855. The molecule has 22 rings (SSSR count). The van der Waals surface area contributed by atoms with Crippen LogP contribution in [0.5, 0.6) is 11.5 Å². The van der Waals surface area contributed by atoms with Crippen molar-refractivity contribution in [2.45, 2.75) is 105 Å². The highest BCUT2D eigenvalue weighted by molar-refractivity contribution is 7.02. The van der Waals surface area contributed by atoms with Gasteiger partial charge in [0.2, 0.25) is 0 Å². The van der Waals surface area contributed by atoms with Crippen molar-refractivity contribution < 1.29 is 4.74 Å². The minimum Gasteiger partial charge on any atom is -0.458 e. The van der Waals surface area contributed by atoms with E-state index in [0.717, 1.165) is 180 Å². The van der Waals surface area contributed by atoms with Crippen LogP contribution >= 0.6 is 0 Å². The zero-order chi connectivity index (χ0) is 90.1. The molecule has 0 atom stereocenters. The van der Waals surface area contributed by atoms with Crippen molar-refractivity contribution in [2.24, 2.45) is 0 Å². The van der Waals surface area contributed by atoms with Crippen LogP contribution in [0.1, 0.15) is 105 Å². The number of hydrogen-bond acceptors (Lipinski definition) is 6. The average molecular weight is 1700 g/mol. The van der Waals surface area contributed by atoms with Crippen molar-refractivity contribution in [3.05, 3.63) is 441 Å². The maximum atomic E-state index is 8.37. The molecule has 0 bridgehead atoms. The number of rotatable bonds is 15. The van der Waals surface area contributed by atoms with Crippen LogP contribution in [0, 0.1) is 0 Å². The van der Waals surface area contributed by atoms with Crippen LogP contribution in [-0.2, 0) is 21.7 Å². The molecule has 0 N–H and O–H groups in total. The summed E-state index contributed by atoms with van der Waals surface area (Å²) < 4.78 is 8.37. The van der Waals surface area contributed by atoms with Crippen LogP contribution in [0.15, 0.2) is 419 Å². The van der Waals surface area contributed by atoms with Crippen LogP contribution in [-0.4, -0.2) is 13.4 Å². The van der Waals surface area contributed by atoms with Gasteiger partial charge in [-0.1, -0.05) is 411 Å². The van der Waals surface area contributed by atoms with Gasteiger partial charge < -0.3 is 29.2 Å². The van der Waals surface area contributed by atoms with Crippen molar-refractivity contribution >= 4 is 132 Å². The van der Waals surface area contributed by atoms with Crippen molar-refractivity contribution in [3.63, 3.8) is 0 Å². The van der Waals surface area contributed by atoms with Gasteiger partial charge in [0.05, 0.1) is 39.8 Å². The quantitative estimate of drug-likeness (QED) is 0.0949. The van der Waals surface area contributed by atoms with Crippen molar-refractivity contribution in [1.29, 1.82) is 0 Å². The van der Waals surface area contributed by atoms with Gasteiger partial charge >= 0.3 is 0 Å². The third-order valence-corrected chi connectivity index (χ3v) is 27.5. The molecular formula is C124H105B2N5O. The Labute approximate surface area is 779 Å². The van der Waals surface area contributed by atoms with E-state index in [2.05, 4.69) is 526 Å². The maximum Gasteiger partial charge on any atom is 0.256 e. The molecule has 18 aromatic rings. The highest BCUT2D eigenvalue weighted by atomic mass is 16.5. The van der Waals surface area contributed by atoms with Gasteiger partial charge in [-0.05, 0) is 189 Å². The Morgan fingerprint density at radius 3 is 0.924 bits per heavy atom. The zero-order valence-electron chi connectivity index (χ0n) is 77.1. The van der Waals surface area contributed by atoms with Gasteiger partial charge in [0.15, 0.2) is 0 Å². The van der Waals surface area contributed by atoms with Gasteiger partial charge in [-0.25, -0.2) is 0 Å². The molecule has 0 spiro atoms. The fraction of sp³-hybridized carbons (Fsp3) is 0.129. The maximum absolute atomic E-state index is 8.37. The first-order chi connectivity index (χ1) is 64.1. The lowest BCUT2D eigenvalue weighted by atomic mass is 9.30. The molecule has 18 aromatic carbocycles. The average Bonchev–Trinajstić information content (AvgIpc) is 0.680. The Morgan fingerprint density at radius 2 is 0.515 bits per heavy atom. The predicted molar refractivity (Wildman–Crippen MR) is 563 cm³/mol. The van der Waals surface area contributed by atoms with E-state index in [1.165, 1.54) is 38.6 Å². The fourth-order valence-corrected chi connectivity index (χ4v) is 20.9. The van der Waals surface area contributed by atoms with Crippen LogP contribution in [0.2, 0.25) is 0 Å². The Kier molecular flexibility index (Phi) is 20.3. The molecule has 0 saturated heterocycles. The number of fused-ring (bicyclic) bond motifs is 8.